The molecule has 0 spiro atoms. The number of hydrogen-bond donors (Lipinski definition) is 1. The second-order valence-corrected chi connectivity index (χ2v) is 6.00. The van der Waals surface area contributed by atoms with Crippen molar-refractivity contribution in [2.24, 2.45) is 5.92 Å². The van der Waals surface area contributed by atoms with Gasteiger partial charge in [-0.15, -0.1) is 0 Å². The summed E-state index contributed by atoms with van der Waals surface area (Å²) in [5.74, 6) is 0.809. The second-order valence-electron chi connectivity index (χ2n) is 6.00. The van der Waals surface area contributed by atoms with Crippen molar-refractivity contribution in [1.82, 2.24) is 10.2 Å². The fourth-order valence-corrected chi connectivity index (χ4v) is 2.48. The van der Waals surface area contributed by atoms with Crippen LogP contribution in [0.4, 0.5) is 0 Å². The van der Waals surface area contributed by atoms with Crippen molar-refractivity contribution in [3.8, 4) is 0 Å². The zero-order valence-corrected chi connectivity index (χ0v) is 11.1. The molecule has 0 aromatic heterocycles. The minimum atomic E-state index is 0.310. The number of rotatable bonds is 3. The van der Waals surface area contributed by atoms with Crippen LogP contribution in [0, 0.1) is 5.92 Å². The largest absolute Gasteiger partial charge is 0.315 e. The molecule has 2 heteroatoms. The molecule has 0 radical (unpaired) electrons. The summed E-state index contributed by atoms with van der Waals surface area (Å²) in [5.41, 5.74) is 0.310. The first-order valence-corrected chi connectivity index (χ1v) is 6.41. The molecule has 1 unspecified atom stereocenters. The third kappa shape index (κ3) is 3.76. The van der Waals surface area contributed by atoms with Crippen LogP contribution < -0.4 is 5.32 Å². The summed E-state index contributed by atoms with van der Waals surface area (Å²) in [5, 5.41) is 3.54. The first kappa shape index (κ1) is 13.0. The molecule has 1 aliphatic rings. The second kappa shape index (κ2) is 5.31. The molecule has 0 aromatic carbocycles. The van der Waals surface area contributed by atoms with Gasteiger partial charge in [-0.05, 0) is 52.6 Å². The third-order valence-corrected chi connectivity index (χ3v) is 3.55. The molecule has 1 fully saturated rings. The Morgan fingerprint density at radius 3 is 2.67 bits per heavy atom. The minimum absolute atomic E-state index is 0.310. The van der Waals surface area contributed by atoms with E-state index in [1.807, 2.05) is 0 Å². The van der Waals surface area contributed by atoms with Gasteiger partial charge in [-0.1, -0.05) is 13.8 Å². The Morgan fingerprint density at radius 2 is 2.07 bits per heavy atom. The molecule has 15 heavy (non-hydrogen) atoms. The quantitative estimate of drug-likeness (QED) is 0.773. The van der Waals surface area contributed by atoms with Gasteiger partial charge >= 0.3 is 0 Å². The Bertz CT molecular complexity index is 187. The molecule has 2 nitrogen and oxygen atoms in total. The summed E-state index contributed by atoms with van der Waals surface area (Å²) in [6.45, 7) is 15.3. The molecule has 1 heterocycles. The summed E-state index contributed by atoms with van der Waals surface area (Å²) < 4.78 is 0. The van der Waals surface area contributed by atoms with Gasteiger partial charge in [-0.25, -0.2) is 0 Å². The van der Waals surface area contributed by atoms with E-state index in [-0.39, 0.29) is 0 Å². The van der Waals surface area contributed by atoms with Crippen LogP contribution in [0.3, 0.4) is 0 Å². The van der Waals surface area contributed by atoms with E-state index in [1.54, 1.807) is 0 Å². The summed E-state index contributed by atoms with van der Waals surface area (Å²) in [6, 6.07) is 0.716. The van der Waals surface area contributed by atoms with E-state index in [0.29, 0.717) is 11.6 Å². The molecule has 1 rings (SSSR count). The summed E-state index contributed by atoms with van der Waals surface area (Å²) >= 11 is 0. The van der Waals surface area contributed by atoms with Crippen molar-refractivity contribution >= 4 is 0 Å². The lowest BCUT2D eigenvalue weighted by atomic mass is 9.99. The Morgan fingerprint density at radius 1 is 1.40 bits per heavy atom. The Balaban J connectivity index is 2.60. The molecule has 0 aromatic rings. The summed E-state index contributed by atoms with van der Waals surface area (Å²) in [4.78, 5) is 2.69. The zero-order chi connectivity index (χ0) is 11.5. The summed E-state index contributed by atoms with van der Waals surface area (Å²) in [7, 11) is 0. The van der Waals surface area contributed by atoms with Crippen molar-refractivity contribution in [1.29, 1.82) is 0 Å². The normalized spacial score (nSPS) is 28.0. The lowest BCUT2D eigenvalue weighted by Gasteiger charge is -2.41. The van der Waals surface area contributed by atoms with E-state index in [4.69, 9.17) is 0 Å². The van der Waals surface area contributed by atoms with Gasteiger partial charge in [0.25, 0.3) is 0 Å². The van der Waals surface area contributed by atoms with E-state index in [2.05, 4.69) is 44.8 Å². The van der Waals surface area contributed by atoms with Crippen LogP contribution in [-0.4, -0.2) is 36.1 Å². The molecule has 1 aliphatic heterocycles. The van der Waals surface area contributed by atoms with Gasteiger partial charge in [0.1, 0.15) is 0 Å². The fraction of sp³-hybridized carbons (Fsp3) is 1.00. The molecule has 90 valence electrons. The van der Waals surface area contributed by atoms with Crippen LogP contribution in [0.5, 0.6) is 0 Å². The van der Waals surface area contributed by atoms with Gasteiger partial charge < -0.3 is 5.32 Å². The summed E-state index contributed by atoms with van der Waals surface area (Å²) in [6.07, 6.45) is 2.59. The average molecular weight is 212 g/mol. The van der Waals surface area contributed by atoms with Crippen molar-refractivity contribution in [2.75, 3.05) is 19.6 Å². The molecular weight excluding hydrogens is 184 g/mol. The minimum Gasteiger partial charge on any atom is -0.315 e. The van der Waals surface area contributed by atoms with Crippen molar-refractivity contribution in [2.45, 2.75) is 59.0 Å². The van der Waals surface area contributed by atoms with Crippen LogP contribution in [0.15, 0.2) is 0 Å². The van der Waals surface area contributed by atoms with Gasteiger partial charge in [-0.3, -0.25) is 4.90 Å². The Hall–Kier alpha value is -0.0800. The molecule has 0 bridgehead atoms. The van der Waals surface area contributed by atoms with Gasteiger partial charge in [0.2, 0.25) is 0 Å². The highest BCUT2D eigenvalue weighted by Crippen LogP contribution is 2.22. The number of hydrogen-bond acceptors (Lipinski definition) is 2. The van der Waals surface area contributed by atoms with Crippen LogP contribution in [0.2, 0.25) is 0 Å². The SMILES string of the molecule is CC(C)CCN1C(C)CCNCC1(C)C. The Labute approximate surface area is 95.4 Å². The van der Waals surface area contributed by atoms with Crippen molar-refractivity contribution < 1.29 is 0 Å². The maximum Gasteiger partial charge on any atom is 0.0280 e. The monoisotopic (exact) mass is 212 g/mol. The van der Waals surface area contributed by atoms with Crippen molar-refractivity contribution in [3.63, 3.8) is 0 Å². The van der Waals surface area contributed by atoms with Crippen LogP contribution >= 0.6 is 0 Å². The highest BCUT2D eigenvalue weighted by molar-refractivity contribution is 4.90. The highest BCUT2D eigenvalue weighted by atomic mass is 15.2. The molecule has 0 aliphatic carbocycles. The molecule has 0 saturated carbocycles. The molecule has 0 amide bonds. The van der Waals surface area contributed by atoms with Crippen LogP contribution in [0.1, 0.15) is 47.5 Å². The van der Waals surface area contributed by atoms with Gasteiger partial charge in [-0.2, -0.15) is 0 Å². The van der Waals surface area contributed by atoms with Crippen LogP contribution in [0.25, 0.3) is 0 Å². The predicted molar refractivity (Wildman–Crippen MR) is 67.2 cm³/mol. The highest BCUT2D eigenvalue weighted by Gasteiger charge is 2.31. The van der Waals surface area contributed by atoms with Crippen molar-refractivity contribution in [3.05, 3.63) is 0 Å². The molecule has 1 saturated heterocycles. The van der Waals surface area contributed by atoms with E-state index < -0.39 is 0 Å². The van der Waals surface area contributed by atoms with E-state index in [1.165, 1.54) is 25.9 Å². The third-order valence-electron chi connectivity index (χ3n) is 3.55. The predicted octanol–water partition coefficient (Wildman–Crippen LogP) is 2.49. The van der Waals surface area contributed by atoms with Gasteiger partial charge in [0.05, 0.1) is 0 Å². The zero-order valence-electron chi connectivity index (χ0n) is 11.1. The first-order valence-electron chi connectivity index (χ1n) is 6.41. The van der Waals surface area contributed by atoms with Gasteiger partial charge in [0.15, 0.2) is 0 Å². The maximum absolute atomic E-state index is 3.54. The van der Waals surface area contributed by atoms with Gasteiger partial charge in [0, 0.05) is 18.1 Å². The topological polar surface area (TPSA) is 15.3 Å². The fourth-order valence-electron chi connectivity index (χ4n) is 2.48. The first-order chi connectivity index (χ1) is 6.93. The maximum atomic E-state index is 3.54. The number of nitrogens with one attached hydrogen (secondary N) is 1. The van der Waals surface area contributed by atoms with Crippen LogP contribution in [-0.2, 0) is 0 Å². The van der Waals surface area contributed by atoms with E-state index in [9.17, 15) is 0 Å². The standard InChI is InChI=1S/C13H28N2/c1-11(2)7-9-15-12(3)6-8-14-10-13(15,4)5/h11-12,14H,6-10H2,1-5H3. The smallest absolute Gasteiger partial charge is 0.0280 e. The molecule has 1 N–H and O–H groups in total. The van der Waals surface area contributed by atoms with E-state index in [0.717, 1.165) is 12.5 Å². The Kier molecular flexibility index (Phi) is 4.60. The lowest BCUT2D eigenvalue weighted by Crippen LogP contribution is -2.52. The number of nitrogens with zero attached hydrogens (tertiary/aromatic N) is 1. The van der Waals surface area contributed by atoms with E-state index >= 15 is 0 Å². The average Bonchev–Trinajstić information content (AvgIpc) is 2.22. The molecule has 1 atom stereocenters. The lowest BCUT2D eigenvalue weighted by molar-refractivity contribution is 0.0830. The molecular formula is C13H28N2.